The Hall–Kier alpha value is -1.10. The second kappa shape index (κ2) is 5.69. The van der Waals surface area contributed by atoms with Crippen molar-refractivity contribution < 1.29 is 9.13 Å². The number of thiophene rings is 1. The first-order valence-electron chi connectivity index (χ1n) is 5.43. The first kappa shape index (κ1) is 13.3. The minimum absolute atomic E-state index is 0.142. The number of rotatable bonds is 4. The van der Waals surface area contributed by atoms with Gasteiger partial charge in [-0.3, -0.25) is 0 Å². The van der Waals surface area contributed by atoms with Gasteiger partial charge in [0.05, 0.1) is 17.0 Å². The van der Waals surface area contributed by atoms with E-state index in [1.807, 2.05) is 11.4 Å². The third-order valence-electron chi connectivity index (χ3n) is 2.69. The molecule has 0 saturated carbocycles. The monoisotopic (exact) mass is 285 g/mol. The van der Waals surface area contributed by atoms with Crippen molar-refractivity contribution in [3.05, 3.63) is 50.9 Å². The summed E-state index contributed by atoms with van der Waals surface area (Å²) in [4.78, 5) is 0.942. The van der Waals surface area contributed by atoms with E-state index in [0.717, 1.165) is 10.6 Å². The molecule has 0 saturated heterocycles. The van der Waals surface area contributed by atoms with E-state index in [4.69, 9.17) is 22.1 Å². The molecule has 0 fully saturated rings. The molecule has 2 N–H and O–H groups in total. The summed E-state index contributed by atoms with van der Waals surface area (Å²) >= 11 is 7.44. The number of hydrogen-bond donors (Lipinski definition) is 1. The number of nitrogens with two attached hydrogens (primary N) is 1. The van der Waals surface area contributed by atoms with Crippen LogP contribution in [0.4, 0.5) is 4.39 Å². The van der Waals surface area contributed by atoms with Crippen LogP contribution in [-0.4, -0.2) is 7.11 Å². The Morgan fingerprint density at radius 1 is 1.44 bits per heavy atom. The molecule has 0 aliphatic rings. The van der Waals surface area contributed by atoms with Gasteiger partial charge in [-0.15, -0.1) is 11.3 Å². The van der Waals surface area contributed by atoms with Gasteiger partial charge in [-0.25, -0.2) is 4.39 Å². The third kappa shape index (κ3) is 2.66. The van der Waals surface area contributed by atoms with Crippen LogP contribution < -0.4 is 10.5 Å². The van der Waals surface area contributed by atoms with Crippen LogP contribution in [0, 0.1) is 5.82 Å². The highest BCUT2D eigenvalue weighted by Gasteiger charge is 2.16. The lowest BCUT2D eigenvalue weighted by Crippen LogP contribution is -2.13. The predicted octanol–water partition coefficient (Wildman–Crippen LogP) is 3.79. The van der Waals surface area contributed by atoms with Crippen LogP contribution in [-0.2, 0) is 6.42 Å². The number of hydrogen-bond acceptors (Lipinski definition) is 3. The maximum absolute atomic E-state index is 13.3. The summed E-state index contributed by atoms with van der Waals surface area (Å²) in [7, 11) is 1.60. The van der Waals surface area contributed by atoms with Crippen LogP contribution in [0.15, 0.2) is 29.6 Å². The molecule has 0 aliphatic heterocycles. The summed E-state index contributed by atoms with van der Waals surface area (Å²) in [5, 5.41) is 2.06. The van der Waals surface area contributed by atoms with Crippen molar-refractivity contribution in [2.45, 2.75) is 12.5 Å². The Kier molecular flexibility index (Phi) is 4.22. The zero-order valence-corrected chi connectivity index (χ0v) is 11.4. The van der Waals surface area contributed by atoms with Crippen molar-refractivity contribution in [3.8, 4) is 5.75 Å². The topological polar surface area (TPSA) is 35.2 Å². The molecule has 0 amide bonds. The van der Waals surface area contributed by atoms with E-state index < -0.39 is 5.82 Å². The first-order valence-corrected chi connectivity index (χ1v) is 6.69. The van der Waals surface area contributed by atoms with Crippen LogP contribution >= 0.6 is 22.9 Å². The van der Waals surface area contributed by atoms with E-state index in [1.54, 1.807) is 19.2 Å². The van der Waals surface area contributed by atoms with Gasteiger partial charge in [-0.05, 0) is 29.5 Å². The van der Waals surface area contributed by atoms with Crippen molar-refractivity contribution >= 4 is 22.9 Å². The maximum atomic E-state index is 13.3. The molecule has 96 valence electrons. The van der Waals surface area contributed by atoms with Crippen molar-refractivity contribution in [2.75, 3.05) is 7.11 Å². The summed E-state index contributed by atoms with van der Waals surface area (Å²) < 4.78 is 18.5. The van der Waals surface area contributed by atoms with Crippen LogP contribution in [0.25, 0.3) is 0 Å². The number of methoxy groups -OCH3 is 1. The van der Waals surface area contributed by atoms with Crippen molar-refractivity contribution in [1.82, 2.24) is 0 Å². The van der Waals surface area contributed by atoms with Gasteiger partial charge in [-0.2, -0.15) is 0 Å². The number of ether oxygens (including phenoxy) is 1. The van der Waals surface area contributed by atoms with E-state index in [0.29, 0.717) is 12.0 Å². The average molecular weight is 286 g/mol. The normalized spacial score (nSPS) is 12.4. The fourth-order valence-electron chi connectivity index (χ4n) is 1.78. The molecule has 1 heterocycles. The number of halogens is 2. The van der Waals surface area contributed by atoms with Gasteiger partial charge in [0.1, 0.15) is 11.6 Å². The van der Waals surface area contributed by atoms with Crippen LogP contribution in [0.5, 0.6) is 5.75 Å². The molecule has 1 aromatic carbocycles. The van der Waals surface area contributed by atoms with Gasteiger partial charge >= 0.3 is 0 Å². The fraction of sp³-hybridized carbons (Fsp3) is 0.231. The standard InChI is InChI=1S/C13H13ClFNOS/c1-17-11-5-6-18-13(11)10(16)7-8-3-2-4-9(15)12(8)14/h2-6,10H,7,16H2,1H3. The molecule has 2 rings (SSSR count). The van der Waals surface area contributed by atoms with Crippen LogP contribution in [0.2, 0.25) is 5.02 Å². The summed E-state index contributed by atoms with van der Waals surface area (Å²) in [6.07, 6.45) is 0.480. The van der Waals surface area contributed by atoms with E-state index in [-0.39, 0.29) is 11.1 Å². The molecule has 1 atom stereocenters. The molecular weight excluding hydrogens is 273 g/mol. The van der Waals surface area contributed by atoms with E-state index in [2.05, 4.69) is 0 Å². The third-order valence-corrected chi connectivity index (χ3v) is 4.14. The molecule has 0 radical (unpaired) electrons. The lowest BCUT2D eigenvalue weighted by molar-refractivity contribution is 0.409. The molecule has 0 spiro atoms. The molecule has 0 aliphatic carbocycles. The van der Waals surface area contributed by atoms with Gasteiger partial charge < -0.3 is 10.5 Å². The van der Waals surface area contributed by atoms with Gasteiger partial charge in [0.25, 0.3) is 0 Å². The predicted molar refractivity (Wildman–Crippen MR) is 72.9 cm³/mol. The molecule has 5 heteroatoms. The zero-order chi connectivity index (χ0) is 13.1. The van der Waals surface area contributed by atoms with E-state index in [1.165, 1.54) is 17.4 Å². The van der Waals surface area contributed by atoms with Crippen LogP contribution in [0.3, 0.4) is 0 Å². The Balaban J connectivity index is 2.21. The fourth-order valence-corrected chi connectivity index (χ4v) is 2.85. The summed E-state index contributed by atoms with van der Waals surface area (Å²) in [5.41, 5.74) is 6.82. The minimum atomic E-state index is -0.417. The number of benzene rings is 1. The quantitative estimate of drug-likeness (QED) is 0.927. The van der Waals surface area contributed by atoms with Crippen molar-refractivity contribution in [1.29, 1.82) is 0 Å². The second-order valence-electron chi connectivity index (χ2n) is 3.88. The lowest BCUT2D eigenvalue weighted by atomic mass is 10.0. The van der Waals surface area contributed by atoms with Gasteiger partial charge in [0.2, 0.25) is 0 Å². The smallest absolute Gasteiger partial charge is 0.142 e. The molecule has 1 aromatic heterocycles. The molecular formula is C13H13ClFNOS. The first-order chi connectivity index (χ1) is 8.63. The Morgan fingerprint density at radius 3 is 2.94 bits per heavy atom. The molecule has 0 bridgehead atoms. The lowest BCUT2D eigenvalue weighted by Gasteiger charge is -2.13. The Morgan fingerprint density at radius 2 is 2.22 bits per heavy atom. The SMILES string of the molecule is COc1ccsc1C(N)Cc1cccc(F)c1Cl. The summed E-state index contributed by atoms with van der Waals surface area (Å²) in [5.74, 6) is 0.347. The zero-order valence-electron chi connectivity index (χ0n) is 9.82. The molecule has 1 unspecified atom stereocenters. The Bertz CT molecular complexity index is 544. The second-order valence-corrected chi connectivity index (χ2v) is 5.20. The largest absolute Gasteiger partial charge is 0.496 e. The highest BCUT2D eigenvalue weighted by molar-refractivity contribution is 7.10. The van der Waals surface area contributed by atoms with Crippen LogP contribution in [0.1, 0.15) is 16.5 Å². The maximum Gasteiger partial charge on any atom is 0.142 e. The van der Waals surface area contributed by atoms with Gasteiger partial charge in [-0.1, -0.05) is 23.7 Å². The highest BCUT2D eigenvalue weighted by atomic mass is 35.5. The van der Waals surface area contributed by atoms with Crippen molar-refractivity contribution in [3.63, 3.8) is 0 Å². The average Bonchev–Trinajstić information content (AvgIpc) is 2.83. The van der Waals surface area contributed by atoms with Gasteiger partial charge in [0, 0.05) is 6.04 Å². The minimum Gasteiger partial charge on any atom is -0.496 e. The Labute approximate surface area is 114 Å². The molecule has 2 nitrogen and oxygen atoms in total. The molecule has 18 heavy (non-hydrogen) atoms. The highest BCUT2D eigenvalue weighted by Crippen LogP contribution is 2.32. The van der Waals surface area contributed by atoms with Gasteiger partial charge in [0.15, 0.2) is 0 Å². The van der Waals surface area contributed by atoms with Crippen molar-refractivity contribution in [2.24, 2.45) is 5.73 Å². The molecule has 2 aromatic rings. The van der Waals surface area contributed by atoms with E-state index >= 15 is 0 Å². The van der Waals surface area contributed by atoms with E-state index in [9.17, 15) is 4.39 Å². The summed E-state index contributed by atoms with van der Waals surface area (Å²) in [6.45, 7) is 0. The summed E-state index contributed by atoms with van der Waals surface area (Å²) in [6, 6.07) is 6.37.